The van der Waals surface area contributed by atoms with Crippen LogP contribution in [0.3, 0.4) is 0 Å². The van der Waals surface area contributed by atoms with Gasteiger partial charge in [-0.05, 0) is 85.4 Å². The van der Waals surface area contributed by atoms with Gasteiger partial charge in [-0.3, -0.25) is 14.4 Å². The third-order valence-electron chi connectivity index (χ3n) is 7.24. The molecular weight excluding hydrogens is 484 g/mol. The van der Waals surface area contributed by atoms with Gasteiger partial charge in [0.05, 0.1) is 12.1 Å². The molecule has 1 aliphatic rings. The summed E-state index contributed by atoms with van der Waals surface area (Å²) in [6.07, 6.45) is 3.12. The number of amides is 3. The van der Waals surface area contributed by atoms with Gasteiger partial charge in [-0.25, -0.2) is 4.79 Å². The second-order valence-corrected chi connectivity index (χ2v) is 17.1. The largest absolute Gasteiger partial charge is 0.410 e. The van der Waals surface area contributed by atoms with E-state index in [1.165, 1.54) is 11.9 Å². The fourth-order valence-corrected chi connectivity index (χ4v) is 6.30. The molecular formula is C29H42N2O3SSi. The second-order valence-electron chi connectivity index (χ2n) is 11.3. The number of rotatable bonds is 10. The number of benzene rings is 2. The summed E-state index contributed by atoms with van der Waals surface area (Å²) in [4.78, 5) is 26.1. The Labute approximate surface area is 222 Å². The number of hydrogen-bond donors (Lipinski definition) is 1. The molecule has 2 aromatic carbocycles. The number of carbonyl (C=O) groups excluding carboxylic acids is 2. The normalized spacial score (nSPS) is 15.8. The van der Waals surface area contributed by atoms with E-state index in [1.807, 2.05) is 6.07 Å². The van der Waals surface area contributed by atoms with Crippen LogP contribution in [-0.4, -0.2) is 30.3 Å². The topological polar surface area (TPSA) is 58.6 Å². The average molecular weight is 527 g/mol. The van der Waals surface area contributed by atoms with Crippen LogP contribution >= 0.6 is 11.9 Å². The molecule has 1 N–H and O–H groups in total. The summed E-state index contributed by atoms with van der Waals surface area (Å²) in [6.45, 7) is 15.5. The molecule has 1 saturated carbocycles. The van der Waals surface area contributed by atoms with Gasteiger partial charge in [0, 0.05) is 11.3 Å². The standard InChI is InChI=1S/C29H42N2O3SSi/c1-8-20-35-31(28(33)30-27(32)25-12-10-9-11-13-25)26(24-18-19-24)23-16-14-22(15-17-23)21(2)34-36(6,7)29(3,4)5/h9-17,21,24,26H,8,18-20H2,1-7H3,(H,30,32,33). The molecule has 0 bridgehead atoms. The Hall–Kier alpha value is -2.09. The van der Waals surface area contributed by atoms with Crippen molar-refractivity contribution in [2.45, 2.75) is 84.2 Å². The number of hydrogen-bond acceptors (Lipinski definition) is 4. The molecule has 0 radical (unpaired) electrons. The number of imide groups is 1. The molecule has 2 atom stereocenters. The van der Waals surface area contributed by atoms with Gasteiger partial charge in [-0.2, -0.15) is 0 Å². The van der Waals surface area contributed by atoms with Crippen molar-refractivity contribution >= 4 is 32.2 Å². The number of urea groups is 1. The summed E-state index contributed by atoms with van der Waals surface area (Å²) < 4.78 is 8.39. The van der Waals surface area contributed by atoms with Gasteiger partial charge in [0.1, 0.15) is 0 Å². The summed E-state index contributed by atoms with van der Waals surface area (Å²) >= 11 is 1.51. The third-order valence-corrected chi connectivity index (χ3v) is 13.1. The first kappa shape index (κ1) is 28.5. The predicted molar refractivity (Wildman–Crippen MR) is 152 cm³/mol. The molecule has 1 aliphatic carbocycles. The van der Waals surface area contributed by atoms with Crippen LogP contribution < -0.4 is 5.32 Å². The van der Waals surface area contributed by atoms with Gasteiger partial charge in [-0.15, -0.1) is 0 Å². The van der Waals surface area contributed by atoms with E-state index in [9.17, 15) is 9.59 Å². The van der Waals surface area contributed by atoms with Crippen molar-refractivity contribution in [1.82, 2.24) is 9.62 Å². The van der Waals surface area contributed by atoms with Crippen LogP contribution in [0, 0.1) is 5.92 Å². The fourth-order valence-electron chi connectivity index (χ4n) is 3.93. The zero-order valence-corrected chi connectivity index (χ0v) is 24.7. The highest BCUT2D eigenvalue weighted by molar-refractivity contribution is 7.97. The maximum atomic E-state index is 13.4. The SMILES string of the molecule is CCCSN(C(=O)NC(=O)c1ccccc1)C(c1ccc(C(C)O[Si](C)(C)C(C)(C)C)cc1)C1CC1. The Balaban J connectivity index is 1.80. The lowest BCUT2D eigenvalue weighted by Gasteiger charge is -2.38. The summed E-state index contributed by atoms with van der Waals surface area (Å²) in [6, 6.07) is 17.0. The van der Waals surface area contributed by atoms with E-state index in [4.69, 9.17) is 4.43 Å². The zero-order chi connectivity index (χ0) is 26.5. The van der Waals surface area contributed by atoms with E-state index in [2.05, 4.69) is 77.3 Å². The van der Waals surface area contributed by atoms with Crippen LogP contribution in [0.5, 0.6) is 0 Å². The van der Waals surface area contributed by atoms with Gasteiger partial charge in [0.15, 0.2) is 8.32 Å². The van der Waals surface area contributed by atoms with Gasteiger partial charge >= 0.3 is 6.03 Å². The Morgan fingerprint density at radius 3 is 2.17 bits per heavy atom. The molecule has 5 nitrogen and oxygen atoms in total. The molecule has 3 amide bonds. The molecule has 3 rings (SSSR count). The van der Waals surface area contributed by atoms with E-state index in [0.29, 0.717) is 11.5 Å². The van der Waals surface area contributed by atoms with Gasteiger partial charge < -0.3 is 4.43 Å². The lowest BCUT2D eigenvalue weighted by Crippen LogP contribution is -2.42. The van der Waals surface area contributed by atoms with Crippen molar-refractivity contribution in [1.29, 1.82) is 0 Å². The maximum absolute atomic E-state index is 13.4. The smallest absolute Gasteiger partial charge is 0.334 e. The molecule has 0 saturated heterocycles. The van der Waals surface area contributed by atoms with Crippen LogP contribution in [0.25, 0.3) is 0 Å². The van der Waals surface area contributed by atoms with Crippen LogP contribution in [-0.2, 0) is 4.43 Å². The van der Waals surface area contributed by atoms with E-state index < -0.39 is 8.32 Å². The van der Waals surface area contributed by atoms with Crippen molar-refractivity contribution in [3.05, 3.63) is 71.3 Å². The first-order chi connectivity index (χ1) is 16.9. The molecule has 0 aliphatic heterocycles. The lowest BCUT2D eigenvalue weighted by atomic mass is 9.99. The number of nitrogens with zero attached hydrogens (tertiary/aromatic N) is 1. The van der Waals surface area contributed by atoms with Gasteiger partial charge in [0.2, 0.25) is 0 Å². The minimum Gasteiger partial charge on any atom is -0.410 e. The Bertz CT molecular complexity index is 1020. The van der Waals surface area contributed by atoms with E-state index >= 15 is 0 Å². The third kappa shape index (κ3) is 7.23. The van der Waals surface area contributed by atoms with Gasteiger partial charge in [0.25, 0.3) is 5.91 Å². The molecule has 0 heterocycles. The molecule has 2 unspecified atom stereocenters. The van der Waals surface area contributed by atoms with E-state index in [1.54, 1.807) is 28.6 Å². The highest BCUT2D eigenvalue weighted by Gasteiger charge is 2.40. The Morgan fingerprint density at radius 2 is 1.64 bits per heavy atom. The molecule has 7 heteroatoms. The quantitative estimate of drug-likeness (QED) is 0.251. The molecule has 2 aromatic rings. The first-order valence-corrected chi connectivity index (χ1v) is 16.9. The summed E-state index contributed by atoms with van der Waals surface area (Å²) in [7, 11) is -1.88. The van der Waals surface area contributed by atoms with Crippen molar-refractivity contribution in [2.75, 3.05) is 5.75 Å². The molecule has 36 heavy (non-hydrogen) atoms. The van der Waals surface area contributed by atoms with Crippen LogP contribution in [0.15, 0.2) is 54.6 Å². The highest BCUT2D eigenvalue weighted by Crippen LogP contribution is 2.47. The van der Waals surface area contributed by atoms with Gasteiger partial charge in [-0.1, -0.05) is 70.2 Å². The number of nitrogens with one attached hydrogen (secondary N) is 1. The number of carbonyl (C=O) groups is 2. The van der Waals surface area contributed by atoms with Crippen molar-refractivity contribution in [3.8, 4) is 0 Å². The maximum Gasteiger partial charge on any atom is 0.334 e. The van der Waals surface area contributed by atoms with Crippen molar-refractivity contribution in [2.24, 2.45) is 5.92 Å². The molecule has 196 valence electrons. The second kappa shape index (κ2) is 12.0. The summed E-state index contributed by atoms with van der Waals surface area (Å²) in [5, 5.41) is 2.77. The summed E-state index contributed by atoms with van der Waals surface area (Å²) in [5.74, 6) is 0.842. The lowest BCUT2D eigenvalue weighted by molar-refractivity contribution is 0.0956. The van der Waals surface area contributed by atoms with Crippen molar-refractivity contribution in [3.63, 3.8) is 0 Å². The molecule has 0 aromatic heterocycles. The monoisotopic (exact) mass is 526 g/mol. The first-order valence-electron chi connectivity index (χ1n) is 13.0. The minimum absolute atomic E-state index is 0.0108. The predicted octanol–water partition coefficient (Wildman–Crippen LogP) is 8.13. The minimum atomic E-state index is -1.88. The van der Waals surface area contributed by atoms with E-state index in [-0.39, 0.29) is 29.1 Å². The fraction of sp³-hybridized carbons (Fsp3) is 0.517. The zero-order valence-electron chi connectivity index (χ0n) is 22.8. The van der Waals surface area contributed by atoms with E-state index in [0.717, 1.165) is 36.1 Å². The van der Waals surface area contributed by atoms with Crippen LogP contribution in [0.4, 0.5) is 4.79 Å². The molecule has 1 fully saturated rings. The average Bonchev–Trinajstić information content (AvgIpc) is 3.66. The summed E-state index contributed by atoms with van der Waals surface area (Å²) in [5.41, 5.74) is 2.73. The Morgan fingerprint density at radius 1 is 1.06 bits per heavy atom. The van der Waals surface area contributed by atoms with Crippen molar-refractivity contribution < 1.29 is 14.0 Å². The Kier molecular flexibility index (Phi) is 9.47. The highest BCUT2D eigenvalue weighted by atomic mass is 32.2. The molecule has 0 spiro atoms. The van der Waals surface area contributed by atoms with Crippen LogP contribution in [0.1, 0.15) is 87.5 Å². The van der Waals surface area contributed by atoms with Crippen LogP contribution in [0.2, 0.25) is 18.1 Å².